The summed E-state index contributed by atoms with van der Waals surface area (Å²) < 4.78 is 1.95. The molecule has 5 heteroatoms. The molecule has 1 aromatic rings. The van der Waals surface area contributed by atoms with Crippen molar-refractivity contribution >= 4 is 0 Å². The lowest BCUT2D eigenvalue weighted by atomic mass is 9.82. The average molecular weight is 253 g/mol. The van der Waals surface area contributed by atoms with Gasteiger partial charge in [0.1, 0.15) is 0 Å². The van der Waals surface area contributed by atoms with Gasteiger partial charge in [0.25, 0.3) is 0 Å². The summed E-state index contributed by atoms with van der Waals surface area (Å²) in [5.74, 6) is 0.901. The second-order valence-electron chi connectivity index (χ2n) is 7.09. The molecule has 0 amide bonds. The predicted molar refractivity (Wildman–Crippen MR) is 73.2 cm³/mol. The van der Waals surface area contributed by atoms with Crippen LogP contribution >= 0.6 is 0 Å². The van der Waals surface area contributed by atoms with E-state index in [9.17, 15) is 0 Å². The first-order valence-electron chi connectivity index (χ1n) is 6.63. The monoisotopic (exact) mass is 253 g/mol. The van der Waals surface area contributed by atoms with Gasteiger partial charge in [-0.25, -0.2) is 4.68 Å². The van der Waals surface area contributed by atoms with Crippen LogP contribution in [0.25, 0.3) is 0 Å². The van der Waals surface area contributed by atoms with E-state index in [1.807, 2.05) is 4.68 Å². The molecule has 0 aliphatic rings. The summed E-state index contributed by atoms with van der Waals surface area (Å²) in [6.07, 6.45) is 1.03. The zero-order valence-electron chi connectivity index (χ0n) is 12.8. The lowest BCUT2D eigenvalue weighted by Crippen LogP contribution is -2.35. The molecule has 1 rings (SSSR count). The fourth-order valence-electron chi connectivity index (χ4n) is 2.45. The minimum absolute atomic E-state index is 0.0737. The molecule has 0 saturated heterocycles. The topological polar surface area (TPSA) is 55.6 Å². The highest BCUT2D eigenvalue weighted by molar-refractivity contribution is 4.90. The van der Waals surface area contributed by atoms with Crippen LogP contribution in [0.4, 0.5) is 0 Å². The van der Waals surface area contributed by atoms with E-state index in [0.29, 0.717) is 12.6 Å². The molecule has 0 atom stereocenters. The molecule has 0 bridgehead atoms. The molecule has 1 aromatic heterocycles. The van der Waals surface area contributed by atoms with E-state index in [4.69, 9.17) is 0 Å². The maximum Gasteiger partial charge on any atom is 0.165 e. The normalized spacial score (nSPS) is 13.3. The first kappa shape index (κ1) is 15.1. The Labute approximate surface area is 110 Å². The van der Waals surface area contributed by atoms with E-state index in [-0.39, 0.29) is 11.0 Å². The summed E-state index contributed by atoms with van der Waals surface area (Å²) in [5.41, 5.74) is 0.175. The smallest absolute Gasteiger partial charge is 0.165 e. The van der Waals surface area contributed by atoms with Crippen molar-refractivity contribution in [3.63, 3.8) is 0 Å². The highest BCUT2D eigenvalue weighted by Gasteiger charge is 2.30. The fourth-order valence-corrected chi connectivity index (χ4v) is 2.45. The number of tetrazole rings is 1. The Balaban J connectivity index is 2.85. The van der Waals surface area contributed by atoms with Gasteiger partial charge in [0, 0.05) is 6.04 Å². The second kappa shape index (κ2) is 5.34. The van der Waals surface area contributed by atoms with Crippen molar-refractivity contribution in [2.45, 2.75) is 73.0 Å². The SMILES string of the molecule is CC(C)NCc1nnnn1C(C)(C)CC(C)(C)C. The summed E-state index contributed by atoms with van der Waals surface area (Å²) in [4.78, 5) is 0. The van der Waals surface area contributed by atoms with Crippen molar-refractivity contribution in [1.82, 2.24) is 25.5 Å². The van der Waals surface area contributed by atoms with E-state index in [1.54, 1.807) is 0 Å². The first-order valence-corrected chi connectivity index (χ1v) is 6.63. The van der Waals surface area contributed by atoms with Gasteiger partial charge in [-0.15, -0.1) is 5.10 Å². The summed E-state index contributed by atoms with van der Waals surface area (Å²) in [6.45, 7) is 16.0. The molecule has 0 radical (unpaired) electrons. The molecule has 0 unspecified atom stereocenters. The van der Waals surface area contributed by atoms with Gasteiger partial charge in [-0.2, -0.15) is 0 Å². The molecule has 0 fully saturated rings. The Hall–Kier alpha value is -0.970. The quantitative estimate of drug-likeness (QED) is 0.875. The van der Waals surface area contributed by atoms with Crippen molar-refractivity contribution in [1.29, 1.82) is 0 Å². The number of rotatable bonds is 5. The molecular formula is C13H27N5. The van der Waals surface area contributed by atoms with Crippen LogP contribution in [0.5, 0.6) is 0 Å². The van der Waals surface area contributed by atoms with Crippen molar-refractivity contribution in [2.24, 2.45) is 5.41 Å². The predicted octanol–water partition coefficient (Wildman–Crippen LogP) is 2.34. The van der Waals surface area contributed by atoms with Crippen LogP contribution in [0.2, 0.25) is 0 Å². The molecule has 0 aliphatic heterocycles. The Morgan fingerprint density at radius 1 is 1.17 bits per heavy atom. The number of hydrogen-bond donors (Lipinski definition) is 1. The van der Waals surface area contributed by atoms with Gasteiger partial charge in [0.2, 0.25) is 0 Å². The van der Waals surface area contributed by atoms with Crippen molar-refractivity contribution in [3.8, 4) is 0 Å². The Morgan fingerprint density at radius 3 is 2.28 bits per heavy atom. The average Bonchev–Trinajstić information content (AvgIpc) is 2.58. The van der Waals surface area contributed by atoms with Crippen LogP contribution < -0.4 is 5.32 Å². The minimum atomic E-state index is -0.0737. The molecular weight excluding hydrogens is 226 g/mol. The van der Waals surface area contributed by atoms with Crippen molar-refractivity contribution in [3.05, 3.63) is 5.82 Å². The standard InChI is InChI=1S/C13H27N5/c1-10(2)14-8-11-15-16-17-18(11)13(6,7)9-12(3,4)5/h10,14H,8-9H2,1-7H3. The van der Waals surface area contributed by atoms with Gasteiger partial charge in [0.05, 0.1) is 12.1 Å². The second-order valence-corrected chi connectivity index (χ2v) is 7.09. The van der Waals surface area contributed by atoms with Crippen LogP contribution in [0, 0.1) is 5.41 Å². The van der Waals surface area contributed by atoms with E-state index < -0.39 is 0 Å². The largest absolute Gasteiger partial charge is 0.308 e. The molecule has 0 aromatic carbocycles. The van der Waals surface area contributed by atoms with Gasteiger partial charge >= 0.3 is 0 Å². The van der Waals surface area contributed by atoms with E-state index in [0.717, 1.165) is 12.2 Å². The van der Waals surface area contributed by atoms with E-state index in [2.05, 4.69) is 69.3 Å². The zero-order chi connectivity index (χ0) is 14.0. The summed E-state index contributed by atoms with van der Waals surface area (Å²) in [7, 11) is 0. The molecule has 104 valence electrons. The molecule has 1 heterocycles. The molecule has 1 N–H and O–H groups in total. The van der Waals surface area contributed by atoms with E-state index >= 15 is 0 Å². The van der Waals surface area contributed by atoms with Crippen LogP contribution in [0.1, 0.15) is 60.7 Å². The summed E-state index contributed by atoms with van der Waals surface area (Å²) >= 11 is 0. The van der Waals surface area contributed by atoms with Gasteiger partial charge in [-0.3, -0.25) is 0 Å². The van der Waals surface area contributed by atoms with Crippen LogP contribution in [0.15, 0.2) is 0 Å². The fraction of sp³-hybridized carbons (Fsp3) is 0.923. The van der Waals surface area contributed by atoms with Crippen LogP contribution in [-0.2, 0) is 12.1 Å². The van der Waals surface area contributed by atoms with Crippen LogP contribution in [0.3, 0.4) is 0 Å². The first-order chi connectivity index (χ1) is 8.12. The van der Waals surface area contributed by atoms with E-state index in [1.165, 1.54) is 0 Å². The highest BCUT2D eigenvalue weighted by atomic mass is 15.6. The maximum absolute atomic E-state index is 4.17. The summed E-state index contributed by atoms with van der Waals surface area (Å²) in [6, 6.07) is 0.431. The Kier molecular flexibility index (Phi) is 4.48. The molecule has 0 spiro atoms. The lowest BCUT2D eigenvalue weighted by molar-refractivity contribution is 0.189. The number of nitrogens with zero attached hydrogens (tertiary/aromatic N) is 4. The van der Waals surface area contributed by atoms with Gasteiger partial charge < -0.3 is 5.32 Å². The third-order valence-electron chi connectivity index (χ3n) is 2.74. The third-order valence-corrected chi connectivity index (χ3v) is 2.74. The van der Waals surface area contributed by atoms with Gasteiger partial charge in [-0.1, -0.05) is 34.6 Å². The zero-order valence-corrected chi connectivity index (χ0v) is 12.8. The van der Waals surface area contributed by atoms with Gasteiger partial charge in [0.15, 0.2) is 5.82 Å². The Bertz CT molecular complexity index is 373. The molecule has 18 heavy (non-hydrogen) atoms. The van der Waals surface area contributed by atoms with Crippen molar-refractivity contribution < 1.29 is 0 Å². The van der Waals surface area contributed by atoms with Crippen LogP contribution in [-0.4, -0.2) is 26.2 Å². The lowest BCUT2D eigenvalue weighted by Gasteiger charge is -2.32. The maximum atomic E-state index is 4.17. The third kappa shape index (κ3) is 4.37. The highest BCUT2D eigenvalue weighted by Crippen LogP contribution is 2.31. The molecule has 0 aliphatic carbocycles. The molecule has 0 saturated carbocycles. The van der Waals surface area contributed by atoms with Gasteiger partial charge in [-0.05, 0) is 36.1 Å². The minimum Gasteiger partial charge on any atom is -0.308 e. The number of aromatic nitrogens is 4. The molecule has 5 nitrogen and oxygen atoms in total. The number of nitrogens with one attached hydrogen (secondary N) is 1. The van der Waals surface area contributed by atoms with Crippen molar-refractivity contribution in [2.75, 3.05) is 0 Å². The number of hydrogen-bond acceptors (Lipinski definition) is 4. The summed E-state index contributed by atoms with van der Waals surface area (Å²) in [5, 5.41) is 15.5. The Morgan fingerprint density at radius 2 is 1.78 bits per heavy atom.